The number of phenolic OH excluding ortho intramolecular Hbond substituents is 2. The summed E-state index contributed by atoms with van der Waals surface area (Å²) >= 11 is 0. The van der Waals surface area contributed by atoms with Crippen LogP contribution in [0.3, 0.4) is 0 Å². The zero-order valence-corrected chi connectivity index (χ0v) is 12.2. The van der Waals surface area contributed by atoms with Gasteiger partial charge in [0, 0.05) is 13.1 Å². The molecule has 6 nitrogen and oxygen atoms in total. The second-order valence-electron chi connectivity index (χ2n) is 5.32. The predicted octanol–water partition coefficient (Wildman–Crippen LogP) is 0.605. The van der Waals surface area contributed by atoms with E-state index in [0.29, 0.717) is 31.7 Å². The van der Waals surface area contributed by atoms with E-state index in [9.17, 15) is 15.0 Å². The molecule has 6 heteroatoms. The van der Waals surface area contributed by atoms with Gasteiger partial charge in [-0.25, -0.2) is 0 Å². The summed E-state index contributed by atoms with van der Waals surface area (Å²) < 4.78 is 5.54. The molecule has 0 radical (unpaired) electrons. The van der Waals surface area contributed by atoms with Gasteiger partial charge in [0.15, 0.2) is 11.5 Å². The van der Waals surface area contributed by atoms with E-state index < -0.39 is 6.04 Å². The number of amides is 1. The van der Waals surface area contributed by atoms with E-state index in [1.165, 1.54) is 12.1 Å². The van der Waals surface area contributed by atoms with Crippen molar-refractivity contribution in [2.24, 2.45) is 5.73 Å². The average Bonchev–Trinajstić information content (AvgIpc) is 2.50. The van der Waals surface area contributed by atoms with Gasteiger partial charge < -0.3 is 25.6 Å². The number of rotatable bonds is 4. The van der Waals surface area contributed by atoms with Crippen molar-refractivity contribution in [2.45, 2.75) is 31.9 Å². The average molecular weight is 294 g/mol. The minimum absolute atomic E-state index is 0.0765. The summed E-state index contributed by atoms with van der Waals surface area (Å²) in [6.45, 7) is 3.70. The van der Waals surface area contributed by atoms with Crippen LogP contribution < -0.4 is 5.73 Å². The number of nitrogens with zero attached hydrogens (tertiary/aromatic N) is 1. The van der Waals surface area contributed by atoms with Gasteiger partial charge in [0.05, 0.1) is 18.8 Å². The minimum Gasteiger partial charge on any atom is -0.504 e. The highest BCUT2D eigenvalue weighted by molar-refractivity contribution is 5.82. The van der Waals surface area contributed by atoms with Crippen molar-refractivity contribution in [3.8, 4) is 11.5 Å². The van der Waals surface area contributed by atoms with Gasteiger partial charge in [-0.1, -0.05) is 13.0 Å². The molecule has 1 unspecified atom stereocenters. The molecule has 2 atom stereocenters. The molecule has 1 aromatic carbocycles. The molecule has 0 aromatic heterocycles. The molecule has 1 amide bonds. The first-order valence-corrected chi connectivity index (χ1v) is 7.18. The van der Waals surface area contributed by atoms with E-state index in [2.05, 4.69) is 0 Å². The number of phenols is 2. The van der Waals surface area contributed by atoms with E-state index in [4.69, 9.17) is 10.5 Å². The topological polar surface area (TPSA) is 96.0 Å². The number of aromatic hydroxyl groups is 2. The lowest BCUT2D eigenvalue weighted by Gasteiger charge is -2.34. The molecule has 4 N–H and O–H groups in total. The van der Waals surface area contributed by atoms with Crippen LogP contribution in [-0.4, -0.2) is 52.9 Å². The van der Waals surface area contributed by atoms with E-state index in [-0.39, 0.29) is 23.5 Å². The fraction of sp³-hybridized carbons (Fsp3) is 0.533. The Morgan fingerprint density at radius 3 is 2.90 bits per heavy atom. The summed E-state index contributed by atoms with van der Waals surface area (Å²) in [4.78, 5) is 14.1. The molecule has 1 heterocycles. The van der Waals surface area contributed by atoms with E-state index >= 15 is 0 Å². The van der Waals surface area contributed by atoms with Crippen molar-refractivity contribution < 1.29 is 19.7 Å². The maximum absolute atomic E-state index is 12.3. The van der Waals surface area contributed by atoms with Crippen LogP contribution in [0.4, 0.5) is 0 Å². The summed E-state index contributed by atoms with van der Waals surface area (Å²) in [6, 6.07) is 3.81. The van der Waals surface area contributed by atoms with Gasteiger partial charge in [0.25, 0.3) is 0 Å². The van der Waals surface area contributed by atoms with Crippen LogP contribution in [0.25, 0.3) is 0 Å². The summed E-state index contributed by atoms with van der Waals surface area (Å²) in [5, 5.41) is 18.7. The van der Waals surface area contributed by atoms with E-state index in [1.807, 2.05) is 6.92 Å². The fourth-order valence-corrected chi connectivity index (χ4v) is 2.44. The van der Waals surface area contributed by atoms with Crippen LogP contribution in [0, 0.1) is 0 Å². The first-order valence-electron chi connectivity index (χ1n) is 7.18. The zero-order chi connectivity index (χ0) is 15.4. The molecule has 116 valence electrons. The van der Waals surface area contributed by atoms with Crippen molar-refractivity contribution in [3.05, 3.63) is 23.8 Å². The molecule has 2 rings (SSSR count). The maximum Gasteiger partial charge on any atom is 0.239 e. The predicted molar refractivity (Wildman–Crippen MR) is 78.1 cm³/mol. The Morgan fingerprint density at radius 2 is 2.24 bits per heavy atom. The number of hydrogen-bond acceptors (Lipinski definition) is 5. The lowest BCUT2D eigenvalue weighted by Crippen LogP contribution is -2.51. The molecule has 0 bridgehead atoms. The Kier molecular flexibility index (Phi) is 5.03. The third kappa shape index (κ3) is 3.86. The van der Waals surface area contributed by atoms with Gasteiger partial charge in [-0.15, -0.1) is 0 Å². The van der Waals surface area contributed by atoms with Crippen molar-refractivity contribution in [1.29, 1.82) is 0 Å². The third-order valence-electron chi connectivity index (χ3n) is 3.72. The second kappa shape index (κ2) is 6.78. The molecule has 0 aliphatic carbocycles. The third-order valence-corrected chi connectivity index (χ3v) is 3.72. The summed E-state index contributed by atoms with van der Waals surface area (Å²) in [5.74, 6) is -0.494. The Hall–Kier alpha value is -1.79. The highest BCUT2D eigenvalue weighted by Gasteiger charge is 2.27. The Bertz CT molecular complexity index is 506. The summed E-state index contributed by atoms with van der Waals surface area (Å²) in [5.41, 5.74) is 6.69. The molecule has 21 heavy (non-hydrogen) atoms. The molecule has 1 saturated heterocycles. The van der Waals surface area contributed by atoms with Gasteiger partial charge in [0.2, 0.25) is 5.91 Å². The SMILES string of the molecule is CCC1CN(C(=O)[C@@H](N)Cc2ccc(O)c(O)c2)CCO1. The van der Waals surface area contributed by atoms with Crippen LogP contribution in [0.15, 0.2) is 18.2 Å². The summed E-state index contributed by atoms with van der Waals surface area (Å²) in [6.07, 6.45) is 1.26. The Morgan fingerprint density at radius 1 is 1.48 bits per heavy atom. The quantitative estimate of drug-likeness (QED) is 0.707. The lowest BCUT2D eigenvalue weighted by molar-refractivity contribution is -0.140. The standard InChI is InChI=1S/C15H22N2O4/c1-2-11-9-17(5-6-21-11)15(20)12(16)7-10-3-4-13(18)14(19)8-10/h3-4,8,11-12,18-19H,2,5-7,9,16H2,1H3/t11?,12-/m0/s1. The highest BCUT2D eigenvalue weighted by Crippen LogP contribution is 2.25. The monoisotopic (exact) mass is 294 g/mol. The number of carbonyl (C=O) groups excluding carboxylic acids is 1. The van der Waals surface area contributed by atoms with Gasteiger partial charge >= 0.3 is 0 Å². The van der Waals surface area contributed by atoms with Crippen molar-refractivity contribution >= 4 is 5.91 Å². The minimum atomic E-state index is -0.662. The lowest BCUT2D eigenvalue weighted by atomic mass is 10.0. The molecule has 1 aliphatic rings. The maximum atomic E-state index is 12.3. The van der Waals surface area contributed by atoms with Crippen LogP contribution in [0.5, 0.6) is 11.5 Å². The van der Waals surface area contributed by atoms with Gasteiger partial charge in [0.1, 0.15) is 0 Å². The van der Waals surface area contributed by atoms with Crippen LogP contribution >= 0.6 is 0 Å². The fourth-order valence-electron chi connectivity index (χ4n) is 2.44. The summed E-state index contributed by atoms with van der Waals surface area (Å²) in [7, 11) is 0. The molecule has 1 fully saturated rings. The second-order valence-corrected chi connectivity index (χ2v) is 5.32. The first-order chi connectivity index (χ1) is 10.0. The van der Waals surface area contributed by atoms with E-state index in [0.717, 1.165) is 6.42 Å². The van der Waals surface area contributed by atoms with Gasteiger partial charge in [-0.2, -0.15) is 0 Å². The largest absolute Gasteiger partial charge is 0.504 e. The van der Waals surface area contributed by atoms with Gasteiger partial charge in [-0.05, 0) is 30.5 Å². The van der Waals surface area contributed by atoms with E-state index in [1.54, 1.807) is 11.0 Å². The first kappa shape index (κ1) is 15.6. The number of hydrogen-bond donors (Lipinski definition) is 3. The van der Waals surface area contributed by atoms with Crippen molar-refractivity contribution in [2.75, 3.05) is 19.7 Å². The smallest absolute Gasteiger partial charge is 0.239 e. The Labute approximate surface area is 124 Å². The number of carbonyl (C=O) groups is 1. The molecular formula is C15H22N2O4. The number of nitrogens with two attached hydrogens (primary N) is 1. The van der Waals surface area contributed by atoms with Crippen LogP contribution in [-0.2, 0) is 16.0 Å². The molecule has 1 aromatic rings. The molecule has 1 aliphatic heterocycles. The van der Waals surface area contributed by atoms with Crippen molar-refractivity contribution in [1.82, 2.24) is 4.90 Å². The zero-order valence-electron chi connectivity index (χ0n) is 12.2. The Balaban J connectivity index is 1.97. The highest BCUT2D eigenvalue weighted by atomic mass is 16.5. The normalized spacial score (nSPS) is 20.3. The molecular weight excluding hydrogens is 272 g/mol. The molecule has 0 spiro atoms. The van der Waals surface area contributed by atoms with Crippen LogP contribution in [0.2, 0.25) is 0 Å². The number of benzene rings is 1. The number of ether oxygens (including phenoxy) is 1. The van der Waals surface area contributed by atoms with Crippen LogP contribution in [0.1, 0.15) is 18.9 Å². The van der Waals surface area contributed by atoms with Gasteiger partial charge in [-0.3, -0.25) is 4.79 Å². The van der Waals surface area contributed by atoms with Crippen molar-refractivity contribution in [3.63, 3.8) is 0 Å². The molecule has 0 saturated carbocycles. The number of morpholine rings is 1.